The van der Waals surface area contributed by atoms with Crippen LogP contribution in [0.4, 0.5) is 0 Å². The summed E-state index contributed by atoms with van der Waals surface area (Å²) in [6, 6.07) is 84.8. The first-order chi connectivity index (χ1) is 31.2. The maximum atomic E-state index is 5.22. The second-order valence-electron chi connectivity index (χ2n) is 16.9. The molecule has 1 aromatic heterocycles. The maximum absolute atomic E-state index is 5.22. The van der Waals surface area contributed by atoms with Gasteiger partial charge in [-0.2, -0.15) is 0 Å². The molecule has 1 heterocycles. The molecule has 1 aliphatic carbocycles. The molecule has 12 rings (SSSR count). The van der Waals surface area contributed by atoms with E-state index < -0.39 is 0 Å². The van der Waals surface area contributed by atoms with Gasteiger partial charge in [0.2, 0.25) is 0 Å². The first-order valence-electron chi connectivity index (χ1n) is 22.1. The van der Waals surface area contributed by atoms with Crippen molar-refractivity contribution in [2.75, 3.05) is 0 Å². The molecule has 0 fully saturated rings. The fourth-order valence-corrected chi connectivity index (χ4v) is 10.2. The highest BCUT2D eigenvalue weighted by Crippen LogP contribution is 2.46. The maximum Gasteiger partial charge on any atom is 0.0715 e. The molecule has 1 atom stereocenters. The van der Waals surface area contributed by atoms with E-state index in [9.17, 15) is 0 Å². The summed E-state index contributed by atoms with van der Waals surface area (Å²) in [4.78, 5) is 5.22. The number of hydrogen-bond acceptors (Lipinski definition) is 1. The Morgan fingerprint density at radius 1 is 0.317 bits per heavy atom. The predicted octanol–water partition coefficient (Wildman–Crippen LogP) is 16.6. The lowest BCUT2D eigenvalue weighted by Gasteiger charge is -2.20. The third-order valence-electron chi connectivity index (χ3n) is 13.3. The molecule has 10 aromatic carbocycles. The van der Waals surface area contributed by atoms with Gasteiger partial charge in [-0.25, -0.2) is 4.98 Å². The third-order valence-corrected chi connectivity index (χ3v) is 13.3. The molecule has 0 spiro atoms. The number of fused-ring (bicyclic) bond motifs is 9. The summed E-state index contributed by atoms with van der Waals surface area (Å²) in [5.74, 6) is 0.301. The van der Waals surface area contributed by atoms with Crippen molar-refractivity contribution in [1.29, 1.82) is 0 Å². The van der Waals surface area contributed by atoms with E-state index >= 15 is 0 Å². The SMILES string of the molecule is c1ccc(-c2ccc(C3CCc4ccccc4-c4cc(-c5ccc6c(c5)c5ccccc5c5cccc(-c7cc(-c8ccccc8)nc(-c8ccccc8)c7)c56)ccc43)cc2)cc1. The second kappa shape index (κ2) is 15.5. The monoisotopic (exact) mass is 801 g/mol. The van der Waals surface area contributed by atoms with Gasteiger partial charge in [0, 0.05) is 17.0 Å². The van der Waals surface area contributed by atoms with Crippen LogP contribution in [-0.4, -0.2) is 4.98 Å². The zero-order valence-electron chi connectivity index (χ0n) is 34.9. The largest absolute Gasteiger partial charge is 0.248 e. The minimum atomic E-state index is 0.301. The summed E-state index contributed by atoms with van der Waals surface area (Å²) in [5.41, 5.74) is 18.3. The zero-order valence-corrected chi connectivity index (χ0v) is 34.9. The molecule has 0 radical (unpaired) electrons. The van der Waals surface area contributed by atoms with Crippen LogP contribution in [0.15, 0.2) is 231 Å². The molecule has 63 heavy (non-hydrogen) atoms. The van der Waals surface area contributed by atoms with E-state index in [1.807, 2.05) is 0 Å². The van der Waals surface area contributed by atoms with Gasteiger partial charge in [-0.05, 0) is 131 Å². The Morgan fingerprint density at radius 3 is 1.56 bits per heavy atom. The normalized spacial score (nSPS) is 13.4. The zero-order chi connectivity index (χ0) is 41.7. The molecule has 0 aliphatic heterocycles. The predicted molar refractivity (Wildman–Crippen MR) is 266 cm³/mol. The van der Waals surface area contributed by atoms with Gasteiger partial charge in [-0.3, -0.25) is 0 Å². The van der Waals surface area contributed by atoms with Crippen molar-refractivity contribution >= 4 is 32.3 Å². The lowest BCUT2D eigenvalue weighted by molar-refractivity contribution is 0.726. The van der Waals surface area contributed by atoms with E-state index in [0.717, 1.165) is 40.9 Å². The van der Waals surface area contributed by atoms with E-state index in [-0.39, 0.29) is 0 Å². The van der Waals surface area contributed by atoms with Crippen LogP contribution in [0.3, 0.4) is 0 Å². The standard InChI is InChI=1S/C62H43N/c1-4-15-41(16-5-1)42-27-29-44(30-28-42)51-34-31-43-17-10-11-22-50(43)58-37-47(32-35-55(51)58)48-33-36-57-59(38-48)54-24-13-12-23-53(54)56-26-14-25-52(62(56)57)49-39-60(45-18-6-2-7-19-45)63-61(40-49)46-20-8-3-9-21-46/h1-30,32-33,35-40,51H,31,34H2. The van der Waals surface area contributed by atoms with Crippen molar-refractivity contribution in [3.05, 3.63) is 247 Å². The third kappa shape index (κ3) is 6.61. The average Bonchev–Trinajstić information content (AvgIpc) is 3.53. The highest BCUT2D eigenvalue weighted by Gasteiger charge is 2.25. The Morgan fingerprint density at radius 2 is 0.841 bits per heavy atom. The van der Waals surface area contributed by atoms with Crippen LogP contribution in [0.2, 0.25) is 0 Å². The van der Waals surface area contributed by atoms with Crippen LogP contribution in [0.1, 0.15) is 29.0 Å². The summed E-state index contributed by atoms with van der Waals surface area (Å²) >= 11 is 0. The van der Waals surface area contributed by atoms with Crippen molar-refractivity contribution in [2.24, 2.45) is 0 Å². The molecule has 1 unspecified atom stereocenters. The van der Waals surface area contributed by atoms with Crippen LogP contribution < -0.4 is 0 Å². The van der Waals surface area contributed by atoms with Crippen LogP contribution in [0, 0.1) is 0 Å². The van der Waals surface area contributed by atoms with Gasteiger partial charge < -0.3 is 0 Å². The smallest absolute Gasteiger partial charge is 0.0715 e. The molecule has 1 nitrogen and oxygen atoms in total. The fourth-order valence-electron chi connectivity index (χ4n) is 10.2. The highest BCUT2D eigenvalue weighted by molar-refractivity contribution is 6.29. The van der Waals surface area contributed by atoms with Gasteiger partial charge in [-0.1, -0.05) is 206 Å². The Balaban J connectivity index is 1.02. The Kier molecular flexibility index (Phi) is 9.12. The molecule has 0 N–H and O–H groups in total. The number of aryl methyl sites for hydroxylation is 1. The van der Waals surface area contributed by atoms with Gasteiger partial charge in [0.1, 0.15) is 0 Å². The van der Waals surface area contributed by atoms with Crippen molar-refractivity contribution in [3.8, 4) is 67.0 Å². The molecule has 0 saturated heterocycles. The van der Waals surface area contributed by atoms with E-state index in [1.54, 1.807) is 0 Å². The average molecular weight is 802 g/mol. The van der Waals surface area contributed by atoms with Crippen LogP contribution in [0.25, 0.3) is 99.3 Å². The summed E-state index contributed by atoms with van der Waals surface area (Å²) in [6.07, 6.45) is 2.11. The summed E-state index contributed by atoms with van der Waals surface area (Å²) in [6.45, 7) is 0. The van der Waals surface area contributed by atoms with Crippen molar-refractivity contribution in [1.82, 2.24) is 4.98 Å². The summed E-state index contributed by atoms with van der Waals surface area (Å²) in [5, 5.41) is 7.56. The number of hydrogen-bond donors (Lipinski definition) is 0. The molecule has 1 heteroatoms. The molecule has 0 amide bonds. The highest BCUT2D eigenvalue weighted by atomic mass is 14.7. The van der Waals surface area contributed by atoms with Gasteiger partial charge >= 0.3 is 0 Å². The minimum Gasteiger partial charge on any atom is -0.248 e. The van der Waals surface area contributed by atoms with Crippen LogP contribution >= 0.6 is 0 Å². The van der Waals surface area contributed by atoms with Crippen molar-refractivity contribution in [2.45, 2.75) is 18.8 Å². The van der Waals surface area contributed by atoms with E-state index in [1.165, 1.54) is 88.0 Å². The van der Waals surface area contributed by atoms with Gasteiger partial charge in [0.05, 0.1) is 11.4 Å². The summed E-state index contributed by atoms with van der Waals surface area (Å²) < 4.78 is 0. The van der Waals surface area contributed by atoms with E-state index in [2.05, 4.69) is 231 Å². The molecule has 11 aromatic rings. The molecular weight excluding hydrogens is 759 g/mol. The lowest BCUT2D eigenvalue weighted by Crippen LogP contribution is -2.02. The second-order valence-corrected chi connectivity index (χ2v) is 16.9. The topological polar surface area (TPSA) is 12.9 Å². The molecular formula is C62H43N. The molecule has 0 bridgehead atoms. The fraction of sp³-hybridized carbons (Fsp3) is 0.0484. The first-order valence-corrected chi connectivity index (χ1v) is 22.1. The lowest BCUT2D eigenvalue weighted by atomic mass is 9.83. The quantitative estimate of drug-likeness (QED) is 0.153. The number of rotatable bonds is 6. The molecule has 296 valence electrons. The van der Waals surface area contributed by atoms with Crippen molar-refractivity contribution in [3.63, 3.8) is 0 Å². The Labute approximate surface area is 368 Å². The minimum absolute atomic E-state index is 0.301. The summed E-state index contributed by atoms with van der Waals surface area (Å²) in [7, 11) is 0. The van der Waals surface area contributed by atoms with Gasteiger partial charge in [-0.15, -0.1) is 0 Å². The Bertz CT molecular complexity index is 3420. The Hall–Kier alpha value is -7.87. The van der Waals surface area contributed by atoms with Crippen LogP contribution in [0.5, 0.6) is 0 Å². The van der Waals surface area contributed by atoms with E-state index in [4.69, 9.17) is 4.98 Å². The van der Waals surface area contributed by atoms with E-state index in [0.29, 0.717) is 5.92 Å². The number of pyridine rings is 1. The van der Waals surface area contributed by atoms with Gasteiger partial charge in [0.15, 0.2) is 0 Å². The number of nitrogens with zero attached hydrogens (tertiary/aromatic N) is 1. The van der Waals surface area contributed by atoms with Crippen molar-refractivity contribution < 1.29 is 0 Å². The van der Waals surface area contributed by atoms with Gasteiger partial charge in [0.25, 0.3) is 0 Å². The van der Waals surface area contributed by atoms with Crippen LogP contribution in [-0.2, 0) is 6.42 Å². The molecule has 1 aliphatic rings. The molecule has 0 saturated carbocycles. The first kappa shape index (κ1) is 36.9. The number of benzene rings is 10. The number of aromatic nitrogens is 1.